The third-order valence-electron chi connectivity index (χ3n) is 3.57. The van der Waals surface area contributed by atoms with Gasteiger partial charge in [0.15, 0.2) is 0 Å². The highest BCUT2D eigenvalue weighted by Crippen LogP contribution is 2.15. The third-order valence-corrected chi connectivity index (χ3v) is 4.57. The number of carbonyl (C=O) groups excluding carboxylic acids is 2. The molecule has 2 aromatic rings. The Kier molecular flexibility index (Phi) is 7.54. The molecule has 0 heterocycles. The summed E-state index contributed by atoms with van der Waals surface area (Å²) in [6.45, 7) is 4.71. The molecule has 2 amide bonds. The summed E-state index contributed by atoms with van der Waals surface area (Å²) in [4.78, 5) is 24.0. The number of carbonyl (C=O) groups is 2. The van der Waals surface area contributed by atoms with Crippen LogP contribution in [0.2, 0.25) is 0 Å². The number of thioether (sulfide) groups is 1. The van der Waals surface area contributed by atoms with Crippen LogP contribution in [0.3, 0.4) is 0 Å². The number of benzene rings is 2. The summed E-state index contributed by atoms with van der Waals surface area (Å²) in [7, 11) is 0. The van der Waals surface area contributed by atoms with Crippen molar-refractivity contribution in [3.05, 3.63) is 65.2 Å². The third kappa shape index (κ3) is 6.63. The van der Waals surface area contributed by atoms with Crippen molar-refractivity contribution in [2.45, 2.75) is 26.0 Å². The van der Waals surface area contributed by atoms with E-state index >= 15 is 0 Å². The van der Waals surface area contributed by atoms with Crippen molar-refractivity contribution < 1.29 is 9.59 Å². The van der Waals surface area contributed by atoms with Gasteiger partial charge in [0.2, 0.25) is 5.91 Å². The monoisotopic (exact) mass is 356 g/mol. The van der Waals surface area contributed by atoms with E-state index in [1.54, 1.807) is 36.0 Å². The molecule has 0 bridgehead atoms. The van der Waals surface area contributed by atoms with Gasteiger partial charge in [0.05, 0.1) is 5.75 Å². The van der Waals surface area contributed by atoms with Gasteiger partial charge in [0.25, 0.3) is 5.91 Å². The first-order chi connectivity index (χ1) is 12.1. The zero-order valence-corrected chi connectivity index (χ0v) is 15.5. The van der Waals surface area contributed by atoms with E-state index in [4.69, 9.17) is 0 Å². The van der Waals surface area contributed by atoms with Gasteiger partial charge in [-0.25, -0.2) is 0 Å². The summed E-state index contributed by atoms with van der Waals surface area (Å²) in [6.07, 6.45) is 0.889. The number of aryl methyl sites for hydroxylation is 1. The predicted octanol–water partition coefficient (Wildman–Crippen LogP) is 4.01. The van der Waals surface area contributed by atoms with Gasteiger partial charge in [-0.15, -0.1) is 11.8 Å². The first-order valence-corrected chi connectivity index (χ1v) is 9.55. The molecule has 132 valence electrons. The largest absolute Gasteiger partial charge is 0.352 e. The lowest BCUT2D eigenvalue weighted by Gasteiger charge is -2.08. The lowest BCUT2D eigenvalue weighted by Crippen LogP contribution is -2.24. The molecule has 0 aromatic heterocycles. The molecule has 0 saturated heterocycles. The van der Waals surface area contributed by atoms with E-state index in [1.807, 2.05) is 6.92 Å². The zero-order valence-electron chi connectivity index (χ0n) is 14.7. The van der Waals surface area contributed by atoms with Crippen LogP contribution in [0.4, 0.5) is 5.69 Å². The Morgan fingerprint density at radius 3 is 2.56 bits per heavy atom. The quantitative estimate of drug-likeness (QED) is 0.751. The van der Waals surface area contributed by atoms with Crippen molar-refractivity contribution >= 4 is 29.3 Å². The van der Waals surface area contributed by atoms with Crippen LogP contribution in [0.1, 0.15) is 34.8 Å². The van der Waals surface area contributed by atoms with Gasteiger partial charge in [-0.1, -0.05) is 42.8 Å². The van der Waals surface area contributed by atoms with E-state index in [2.05, 4.69) is 41.8 Å². The Morgan fingerprint density at radius 2 is 1.84 bits per heavy atom. The van der Waals surface area contributed by atoms with Crippen LogP contribution >= 0.6 is 11.8 Å². The van der Waals surface area contributed by atoms with Gasteiger partial charge < -0.3 is 10.6 Å². The summed E-state index contributed by atoms with van der Waals surface area (Å²) < 4.78 is 0. The highest BCUT2D eigenvalue weighted by atomic mass is 32.2. The average molecular weight is 356 g/mol. The van der Waals surface area contributed by atoms with E-state index in [1.165, 1.54) is 11.1 Å². The Hall–Kier alpha value is -2.27. The fourth-order valence-electron chi connectivity index (χ4n) is 2.22. The Bertz CT molecular complexity index is 714. The molecule has 2 N–H and O–H groups in total. The molecule has 0 aliphatic heterocycles. The number of nitrogens with one attached hydrogen (secondary N) is 2. The van der Waals surface area contributed by atoms with Crippen molar-refractivity contribution in [3.8, 4) is 0 Å². The second-order valence-corrected chi connectivity index (χ2v) is 6.85. The zero-order chi connectivity index (χ0) is 18.1. The molecule has 0 unspecified atom stereocenters. The number of rotatable bonds is 8. The van der Waals surface area contributed by atoms with Crippen LogP contribution in [0.25, 0.3) is 0 Å². The number of amides is 2. The molecule has 0 aliphatic rings. The number of hydrogen-bond acceptors (Lipinski definition) is 3. The molecule has 25 heavy (non-hydrogen) atoms. The van der Waals surface area contributed by atoms with Gasteiger partial charge in [-0.2, -0.15) is 0 Å². The molecular weight excluding hydrogens is 332 g/mol. The average Bonchev–Trinajstić information content (AvgIpc) is 2.61. The van der Waals surface area contributed by atoms with Gasteiger partial charge in [0, 0.05) is 23.5 Å². The van der Waals surface area contributed by atoms with E-state index in [0.29, 0.717) is 23.5 Å². The lowest BCUT2D eigenvalue weighted by molar-refractivity contribution is -0.113. The summed E-state index contributed by atoms with van der Waals surface area (Å²) in [5.41, 5.74) is 3.64. The minimum Gasteiger partial charge on any atom is -0.352 e. The Morgan fingerprint density at radius 1 is 1.08 bits per heavy atom. The summed E-state index contributed by atoms with van der Waals surface area (Å²) >= 11 is 1.57. The molecule has 2 aromatic carbocycles. The van der Waals surface area contributed by atoms with Crippen LogP contribution < -0.4 is 10.6 Å². The van der Waals surface area contributed by atoms with Crippen LogP contribution in [0, 0.1) is 6.92 Å². The van der Waals surface area contributed by atoms with Crippen LogP contribution in [0.5, 0.6) is 0 Å². The molecule has 0 saturated carbocycles. The Labute approximate surface area is 153 Å². The maximum absolute atomic E-state index is 12.1. The maximum atomic E-state index is 12.1. The lowest BCUT2D eigenvalue weighted by atomic mass is 10.2. The highest BCUT2D eigenvalue weighted by molar-refractivity contribution is 7.99. The van der Waals surface area contributed by atoms with Crippen LogP contribution in [0.15, 0.2) is 48.5 Å². The Balaban J connectivity index is 1.81. The standard InChI is InChI=1S/C20H24N2O2S/c1-3-11-21-20(24)17-5-4-6-18(12-17)22-19(23)14-25-13-16-9-7-15(2)8-10-16/h4-10,12H,3,11,13-14H2,1-2H3,(H,21,24)(H,22,23). The summed E-state index contributed by atoms with van der Waals surface area (Å²) in [6, 6.07) is 15.3. The predicted molar refractivity (Wildman–Crippen MR) is 105 cm³/mol. The summed E-state index contributed by atoms with van der Waals surface area (Å²) in [5.74, 6) is 0.989. The molecule has 0 spiro atoms. The molecule has 0 atom stereocenters. The minimum atomic E-state index is -0.119. The van der Waals surface area contributed by atoms with E-state index in [9.17, 15) is 9.59 Å². The maximum Gasteiger partial charge on any atom is 0.251 e. The van der Waals surface area contributed by atoms with Gasteiger partial charge in [-0.05, 0) is 37.1 Å². The van der Waals surface area contributed by atoms with Crippen molar-refractivity contribution in [2.24, 2.45) is 0 Å². The first-order valence-electron chi connectivity index (χ1n) is 8.40. The van der Waals surface area contributed by atoms with Crippen molar-refractivity contribution in [1.82, 2.24) is 5.32 Å². The normalized spacial score (nSPS) is 10.3. The molecule has 4 nitrogen and oxygen atoms in total. The van der Waals surface area contributed by atoms with E-state index in [0.717, 1.165) is 12.2 Å². The minimum absolute atomic E-state index is 0.0665. The molecule has 0 aliphatic carbocycles. The molecule has 5 heteroatoms. The summed E-state index contributed by atoms with van der Waals surface area (Å²) in [5, 5.41) is 5.68. The second kappa shape index (κ2) is 9.89. The molecular formula is C20H24N2O2S. The number of hydrogen-bond donors (Lipinski definition) is 2. The first kappa shape index (κ1) is 19.1. The fraction of sp³-hybridized carbons (Fsp3) is 0.300. The smallest absolute Gasteiger partial charge is 0.251 e. The van der Waals surface area contributed by atoms with Crippen LogP contribution in [-0.2, 0) is 10.5 Å². The van der Waals surface area contributed by atoms with Crippen molar-refractivity contribution in [1.29, 1.82) is 0 Å². The van der Waals surface area contributed by atoms with Crippen molar-refractivity contribution in [3.63, 3.8) is 0 Å². The van der Waals surface area contributed by atoms with Gasteiger partial charge in [-0.3, -0.25) is 9.59 Å². The molecule has 0 radical (unpaired) electrons. The molecule has 0 fully saturated rings. The van der Waals surface area contributed by atoms with Gasteiger partial charge >= 0.3 is 0 Å². The number of anilines is 1. The van der Waals surface area contributed by atoms with Gasteiger partial charge in [0.1, 0.15) is 0 Å². The topological polar surface area (TPSA) is 58.2 Å². The van der Waals surface area contributed by atoms with E-state index in [-0.39, 0.29) is 11.8 Å². The second-order valence-electron chi connectivity index (χ2n) is 5.86. The fourth-order valence-corrected chi connectivity index (χ4v) is 3.01. The SMILES string of the molecule is CCCNC(=O)c1cccc(NC(=O)CSCc2ccc(C)cc2)c1. The van der Waals surface area contributed by atoms with Crippen LogP contribution in [-0.4, -0.2) is 24.1 Å². The van der Waals surface area contributed by atoms with Crippen molar-refractivity contribution in [2.75, 3.05) is 17.6 Å². The van der Waals surface area contributed by atoms with E-state index < -0.39 is 0 Å². The molecule has 2 rings (SSSR count). The highest BCUT2D eigenvalue weighted by Gasteiger charge is 2.07.